The molecule has 0 aliphatic carbocycles. The molecule has 0 radical (unpaired) electrons. The third-order valence-corrected chi connectivity index (χ3v) is 4.03. The maximum atomic E-state index is 12.4. The van der Waals surface area contributed by atoms with E-state index in [9.17, 15) is 9.90 Å². The molecule has 1 N–H and O–H groups in total. The Morgan fingerprint density at radius 3 is 2.61 bits per heavy atom. The van der Waals surface area contributed by atoms with Gasteiger partial charge in [-0.25, -0.2) is 0 Å². The van der Waals surface area contributed by atoms with E-state index >= 15 is 0 Å². The lowest BCUT2D eigenvalue weighted by atomic mass is 10.2. The normalized spacial score (nSPS) is 15.6. The first-order valence-corrected chi connectivity index (χ1v) is 7.76. The Morgan fingerprint density at radius 1 is 1.17 bits per heavy atom. The van der Waals surface area contributed by atoms with E-state index in [4.69, 9.17) is 11.6 Å². The van der Waals surface area contributed by atoms with Crippen molar-refractivity contribution in [2.24, 2.45) is 0 Å². The Morgan fingerprint density at radius 2 is 1.96 bits per heavy atom. The fraction of sp³-hybridized carbons (Fsp3) is 0.312. The zero-order valence-corrected chi connectivity index (χ0v) is 13.3. The van der Waals surface area contributed by atoms with Crippen molar-refractivity contribution in [1.82, 2.24) is 19.8 Å². The molecule has 3 rings (SSSR count). The number of rotatable bonds is 3. The Bertz CT molecular complexity index is 685. The summed E-state index contributed by atoms with van der Waals surface area (Å²) in [6.45, 7) is 3.58. The van der Waals surface area contributed by atoms with Crippen molar-refractivity contribution in [3.05, 3.63) is 53.1 Å². The third kappa shape index (κ3) is 3.97. The van der Waals surface area contributed by atoms with E-state index in [-0.39, 0.29) is 11.7 Å². The number of aromatic nitrogens is 2. The van der Waals surface area contributed by atoms with Gasteiger partial charge >= 0.3 is 0 Å². The standard InChI is InChI=1S/C16H17ClN4O2/c17-13-1-2-14(19-9-13)11-20-3-5-21(6-4-20)16(23)12-7-15(22)10-18-8-12/h1-2,7-10,22H,3-6,11H2. The van der Waals surface area contributed by atoms with Crippen LogP contribution >= 0.6 is 11.6 Å². The number of halogens is 1. The summed E-state index contributed by atoms with van der Waals surface area (Å²) in [5, 5.41) is 10.1. The molecule has 23 heavy (non-hydrogen) atoms. The predicted octanol–water partition coefficient (Wildman–Crippen LogP) is 1.79. The van der Waals surface area contributed by atoms with Crippen molar-refractivity contribution in [3.8, 4) is 5.75 Å². The monoisotopic (exact) mass is 332 g/mol. The molecule has 0 unspecified atom stereocenters. The van der Waals surface area contributed by atoms with Crippen LogP contribution in [0.25, 0.3) is 0 Å². The van der Waals surface area contributed by atoms with Crippen LogP contribution in [-0.2, 0) is 6.54 Å². The Balaban J connectivity index is 1.55. The number of hydrogen-bond donors (Lipinski definition) is 1. The molecule has 120 valence electrons. The lowest BCUT2D eigenvalue weighted by molar-refractivity contribution is 0.0626. The number of amides is 1. The lowest BCUT2D eigenvalue weighted by Crippen LogP contribution is -2.48. The van der Waals surface area contributed by atoms with Crippen LogP contribution in [-0.4, -0.2) is 57.0 Å². The second-order valence-corrected chi connectivity index (χ2v) is 5.90. The molecule has 1 saturated heterocycles. The smallest absolute Gasteiger partial charge is 0.255 e. The van der Waals surface area contributed by atoms with E-state index in [0.29, 0.717) is 23.7 Å². The molecule has 2 aromatic rings. The predicted molar refractivity (Wildman–Crippen MR) is 86.3 cm³/mol. The zero-order chi connectivity index (χ0) is 16.2. The molecule has 1 fully saturated rings. The molecule has 0 saturated carbocycles. The average Bonchev–Trinajstić information content (AvgIpc) is 2.57. The molecule has 3 heterocycles. The third-order valence-electron chi connectivity index (χ3n) is 3.80. The van der Waals surface area contributed by atoms with Gasteiger partial charge in [0.2, 0.25) is 0 Å². The SMILES string of the molecule is O=C(c1cncc(O)c1)N1CCN(Cc2ccc(Cl)cn2)CC1. The van der Waals surface area contributed by atoms with E-state index in [1.807, 2.05) is 12.1 Å². The number of aromatic hydroxyl groups is 1. The summed E-state index contributed by atoms with van der Waals surface area (Å²) in [4.78, 5) is 24.6. The molecular weight excluding hydrogens is 316 g/mol. The molecule has 1 amide bonds. The van der Waals surface area contributed by atoms with Crippen molar-refractivity contribution in [2.45, 2.75) is 6.54 Å². The first kappa shape index (κ1) is 15.7. The van der Waals surface area contributed by atoms with Gasteiger partial charge in [0.15, 0.2) is 0 Å². The van der Waals surface area contributed by atoms with Gasteiger partial charge in [-0.1, -0.05) is 11.6 Å². The summed E-state index contributed by atoms with van der Waals surface area (Å²) < 4.78 is 0. The average molecular weight is 333 g/mol. The minimum atomic E-state index is -0.0994. The number of carbonyl (C=O) groups excluding carboxylic acids is 1. The Labute approximate surface area is 139 Å². The van der Waals surface area contributed by atoms with Crippen LogP contribution in [0.5, 0.6) is 5.75 Å². The van der Waals surface area contributed by atoms with E-state index in [1.165, 1.54) is 18.5 Å². The molecule has 0 atom stereocenters. The van der Waals surface area contributed by atoms with Crippen LogP contribution in [0.15, 0.2) is 36.8 Å². The van der Waals surface area contributed by atoms with Crippen molar-refractivity contribution < 1.29 is 9.90 Å². The minimum absolute atomic E-state index is 0.00305. The van der Waals surface area contributed by atoms with Crippen LogP contribution < -0.4 is 0 Å². The summed E-state index contributed by atoms with van der Waals surface area (Å²) in [7, 11) is 0. The van der Waals surface area contributed by atoms with Crippen LogP contribution in [0.4, 0.5) is 0 Å². The van der Waals surface area contributed by atoms with Crippen molar-refractivity contribution in [3.63, 3.8) is 0 Å². The van der Waals surface area contributed by atoms with E-state index in [2.05, 4.69) is 14.9 Å². The van der Waals surface area contributed by atoms with Crippen LogP contribution in [0.3, 0.4) is 0 Å². The molecule has 1 aliphatic heterocycles. The van der Waals surface area contributed by atoms with Crippen LogP contribution in [0, 0.1) is 0 Å². The Hall–Kier alpha value is -2.18. The number of piperazine rings is 1. The molecule has 1 aliphatic rings. The highest BCUT2D eigenvalue weighted by Gasteiger charge is 2.22. The molecular formula is C16H17ClN4O2. The van der Waals surface area contributed by atoms with Crippen molar-refractivity contribution in [1.29, 1.82) is 0 Å². The highest BCUT2D eigenvalue weighted by molar-refractivity contribution is 6.30. The number of nitrogens with zero attached hydrogens (tertiary/aromatic N) is 4. The van der Waals surface area contributed by atoms with Gasteiger partial charge in [0.25, 0.3) is 5.91 Å². The van der Waals surface area contributed by atoms with Gasteiger partial charge in [0.1, 0.15) is 5.75 Å². The summed E-state index contributed by atoms with van der Waals surface area (Å²) in [6.07, 6.45) is 4.44. The minimum Gasteiger partial charge on any atom is -0.506 e. The molecule has 7 heteroatoms. The van der Waals surface area contributed by atoms with E-state index < -0.39 is 0 Å². The van der Waals surface area contributed by atoms with Crippen LogP contribution in [0.1, 0.15) is 16.1 Å². The molecule has 0 spiro atoms. The summed E-state index contributed by atoms with van der Waals surface area (Å²) in [5.41, 5.74) is 1.38. The number of pyridine rings is 2. The largest absolute Gasteiger partial charge is 0.506 e. The topological polar surface area (TPSA) is 69.6 Å². The van der Waals surface area contributed by atoms with Gasteiger partial charge in [0, 0.05) is 45.1 Å². The van der Waals surface area contributed by atoms with E-state index in [1.54, 1.807) is 11.1 Å². The maximum absolute atomic E-state index is 12.4. The highest BCUT2D eigenvalue weighted by Crippen LogP contribution is 2.14. The van der Waals surface area contributed by atoms with Crippen molar-refractivity contribution in [2.75, 3.05) is 26.2 Å². The van der Waals surface area contributed by atoms with Crippen LogP contribution in [0.2, 0.25) is 5.02 Å². The van der Waals surface area contributed by atoms with E-state index in [0.717, 1.165) is 25.3 Å². The van der Waals surface area contributed by atoms with Gasteiger partial charge < -0.3 is 10.0 Å². The van der Waals surface area contributed by atoms with Gasteiger partial charge in [-0.05, 0) is 18.2 Å². The van der Waals surface area contributed by atoms with Gasteiger partial charge in [-0.3, -0.25) is 19.7 Å². The summed E-state index contributed by atoms with van der Waals surface area (Å²) >= 11 is 5.83. The molecule has 2 aromatic heterocycles. The Kier molecular flexibility index (Phi) is 4.73. The van der Waals surface area contributed by atoms with Gasteiger partial charge in [0.05, 0.1) is 22.5 Å². The fourth-order valence-electron chi connectivity index (χ4n) is 2.57. The van der Waals surface area contributed by atoms with Crippen molar-refractivity contribution >= 4 is 17.5 Å². The molecule has 6 nitrogen and oxygen atoms in total. The molecule has 0 bridgehead atoms. The zero-order valence-electron chi connectivity index (χ0n) is 12.5. The number of hydrogen-bond acceptors (Lipinski definition) is 5. The maximum Gasteiger partial charge on any atom is 0.255 e. The van der Waals surface area contributed by atoms with Gasteiger partial charge in [-0.15, -0.1) is 0 Å². The fourth-order valence-corrected chi connectivity index (χ4v) is 2.68. The van der Waals surface area contributed by atoms with Gasteiger partial charge in [-0.2, -0.15) is 0 Å². The first-order chi connectivity index (χ1) is 11.1. The summed E-state index contributed by atoms with van der Waals surface area (Å²) in [6, 6.07) is 5.19. The highest BCUT2D eigenvalue weighted by atomic mass is 35.5. The second-order valence-electron chi connectivity index (χ2n) is 5.47. The first-order valence-electron chi connectivity index (χ1n) is 7.38. The second kappa shape index (κ2) is 6.93. The lowest BCUT2D eigenvalue weighted by Gasteiger charge is -2.34. The number of carbonyl (C=O) groups is 1. The molecule has 0 aromatic carbocycles. The summed E-state index contributed by atoms with van der Waals surface area (Å²) in [5.74, 6) is -0.0963. The quantitative estimate of drug-likeness (QED) is 0.928.